The zero-order valence-corrected chi connectivity index (χ0v) is 14.0. The number of carbonyl (C=O) groups excluding carboxylic acids is 1. The molecule has 11 heteroatoms. The summed E-state index contributed by atoms with van der Waals surface area (Å²) in [6.07, 6.45) is -4.10. The van der Waals surface area contributed by atoms with E-state index in [4.69, 9.17) is 9.47 Å². The summed E-state index contributed by atoms with van der Waals surface area (Å²) in [5, 5.41) is 0. The van der Waals surface area contributed by atoms with Crippen LogP contribution in [0.2, 0.25) is 0 Å². The summed E-state index contributed by atoms with van der Waals surface area (Å²) < 4.78 is 39.6. The van der Waals surface area contributed by atoms with Crippen LogP contribution in [0, 0.1) is 0 Å². The molecule has 1 amide bonds. The molecule has 0 saturated carbocycles. The Bertz CT molecular complexity index is 705. The third kappa shape index (κ3) is 4.04. The number of aromatic nitrogens is 2. The van der Waals surface area contributed by atoms with E-state index in [9.17, 15) is 23.3 Å². The Hall–Kier alpha value is -1.69. The van der Waals surface area contributed by atoms with Crippen LogP contribution in [0.25, 0.3) is 0 Å². The molecule has 1 fully saturated rings. The van der Waals surface area contributed by atoms with Gasteiger partial charge in [-0.2, -0.15) is 4.72 Å². The van der Waals surface area contributed by atoms with Gasteiger partial charge in [0.2, 0.25) is 0 Å². The van der Waals surface area contributed by atoms with E-state index in [-0.39, 0.29) is 0 Å². The van der Waals surface area contributed by atoms with Crippen LogP contribution in [-0.4, -0.2) is 50.8 Å². The highest BCUT2D eigenvalue weighted by molar-refractivity contribution is 7.89. The standard InChI is InChI=1S/C13H18FN3O6S/c1-6(2)22-9-8(14)12(17-5-4-7(18)15-13(17)20)23-10(9)11(19)16-24(3)21/h4-6,8-10,12H,1-3H3,(H,16,19)(H,15,18,20)/t8-,9+,10+,12-,24?/m1/s1. The molecule has 1 aliphatic heterocycles. The summed E-state index contributed by atoms with van der Waals surface area (Å²) in [4.78, 5) is 37.0. The first-order chi connectivity index (χ1) is 11.2. The number of aromatic amines is 1. The molecule has 1 aromatic rings. The number of nitrogens with one attached hydrogen (secondary N) is 2. The molecule has 0 bridgehead atoms. The molecule has 2 rings (SSSR count). The van der Waals surface area contributed by atoms with Gasteiger partial charge < -0.3 is 14.0 Å². The Balaban J connectivity index is 2.33. The van der Waals surface area contributed by atoms with Crippen molar-refractivity contribution in [3.05, 3.63) is 33.1 Å². The highest BCUT2D eigenvalue weighted by Gasteiger charge is 2.51. The lowest BCUT2D eigenvalue weighted by Gasteiger charge is -2.21. The van der Waals surface area contributed by atoms with Crippen molar-refractivity contribution in [1.82, 2.24) is 14.3 Å². The average Bonchev–Trinajstić information content (AvgIpc) is 2.75. The zero-order valence-electron chi connectivity index (χ0n) is 13.2. The minimum atomic E-state index is -1.85. The lowest BCUT2D eigenvalue weighted by atomic mass is 10.1. The second-order valence-corrected chi connectivity index (χ2v) is 6.59. The largest absolute Gasteiger partial charge is 0.593 e. The van der Waals surface area contributed by atoms with Gasteiger partial charge in [-0.3, -0.25) is 19.1 Å². The lowest BCUT2D eigenvalue weighted by Crippen LogP contribution is -2.45. The molecule has 5 atom stereocenters. The smallest absolute Gasteiger partial charge is 0.330 e. The summed E-state index contributed by atoms with van der Waals surface area (Å²) in [7, 11) is 0. The number of rotatable bonds is 5. The van der Waals surface area contributed by atoms with Gasteiger partial charge in [0.15, 0.2) is 18.5 Å². The normalized spacial score (nSPS) is 28.1. The molecule has 1 aliphatic rings. The predicted octanol–water partition coefficient (Wildman–Crippen LogP) is -1.02. The lowest BCUT2D eigenvalue weighted by molar-refractivity contribution is -0.139. The molecule has 1 saturated heterocycles. The van der Waals surface area contributed by atoms with E-state index in [0.717, 1.165) is 16.8 Å². The van der Waals surface area contributed by atoms with Crippen molar-refractivity contribution in [2.24, 2.45) is 0 Å². The van der Waals surface area contributed by atoms with E-state index in [0.29, 0.717) is 0 Å². The quantitative estimate of drug-likeness (QED) is 0.645. The molecular weight excluding hydrogens is 345 g/mol. The molecule has 0 spiro atoms. The molecule has 0 aromatic carbocycles. The molecule has 0 radical (unpaired) electrons. The van der Waals surface area contributed by atoms with Crippen molar-refractivity contribution < 1.29 is 23.2 Å². The zero-order chi connectivity index (χ0) is 18.0. The van der Waals surface area contributed by atoms with E-state index < -0.39 is 59.2 Å². The molecule has 24 heavy (non-hydrogen) atoms. The van der Waals surface area contributed by atoms with Gasteiger partial charge in [0.05, 0.1) is 17.5 Å². The first-order valence-electron chi connectivity index (χ1n) is 7.11. The van der Waals surface area contributed by atoms with E-state index >= 15 is 0 Å². The van der Waals surface area contributed by atoms with Gasteiger partial charge in [-0.1, -0.05) is 0 Å². The molecule has 1 aromatic heterocycles. The number of alkyl halides is 1. The van der Waals surface area contributed by atoms with Crippen LogP contribution in [0.3, 0.4) is 0 Å². The maximum atomic E-state index is 14.8. The maximum Gasteiger partial charge on any atom is 0.330 e. The monoisotopic (exact) mass is 363 g/mol. The number of nitrogens with zero attached hydrogens (tertiary/aromatic N) is 1. The van der Waals surface area contributed by atoms with Crippen molar-refractivity contribution in [3.63, 3.8) is 0 Å². The molecule has 134 valence electrons. The number of halogens is 1. The Morgan fingerprint density at radius 3 is 2.75 bits per heavy atom. The third-order valence-electron chi connectivity index (χ3n) is 3.23. The van der Waals surface area contributed by atoms with Crippen LogP contribution in [0.1, 0.15) is 20.1 Å². The molecule has 0 aliphatic carbocycles. The fraction of sp³-hybridized carbons (Fsp3) is 0.615. The van der Waals surface area contributed by atoms with E-state index in [1.54, 1.807) is 13.8 Å². The minimum Gasteiger partial charge on any atom is -0.593 e. The van der Waals surface area contributed by atoms with Crippen molar-refractivity contribution in [1.29, 1.82) is 0 Å². The highest BCUT2D eigenvalue weighted by Crippen LogP contribution is 2.33. The summed E-state index contributed by atoms with van der Waals surface area (Å²) in [6, 6.07) is 1.03. The molecular formula is C13H18FN3O6S. The minimum absolute atomic E-state index is 0.412. The number of hydrogen-bond acceptors (Lipinski definition) is 6. The number of hydrogen-bond donors (Lipinski definition) is 2. The van der Waals surface area contributed by atoms with Gasteiger partial charge >= 0.3 is 5.69 Å². The van der Waals surface area contributed by atoms with Gasteiger partial charge in [-0.05, 0) is 13.8 Å². The Morgan fingerprint density at radius 1 is 1.54 bits per heavy atom. The Kier molecular flexibility index (Phi) is 5.80. The first-order valence-corrected chi connectivity index (χ1v) is 8.67. The number of carbonyl (C=O) groups is 1. The van der Waals surface area contributed by atoms with Crippen molar-refractivity contribution in [3.8, 4) is 0 Å². The van der Waals surface area contributed by atoms with E-state index in [1.807, 2.05) is 4.98 Å². The van der Waals surface area contributed by atoms with Crippen LogP contribution in [-0.2, 0) is 25.6 Å². The highest BCUT2D eigenvalue weighted by atomic mass is 32.2. The second kappa shape index (κ2) is 7.47. The summed E-state index contributed by atoms with van der Waals surface area (Å²) in [6.45, 7) is 3.30. The molecule has 2 heterocycles. The van der Waals surface area contributed by atoms with Crippen LogP contribution < -0.4 is 16.0 Å². The van der Waals surface area contributed by atoms with Gasteiger partial charge in [0.1, 0.15) is 12.4 Å². The number of H-pyrrole nitrogens is 1. The Morgan fingerprint density at radius 2 is 2.21 bits per heavy atom. The van der Waals surface area contributed by atoms with Gasteiger partial charge in [0, 0.05) is 12.3 Å². The van der Waals surface area contributed by atoms with Crippen LogP contribution in [0.5, 0.6) is 0 Å². The van der Waals surface area contributed by atoms with Crippen LogP contribution in [0.4, 0.5) is 4.39 Å². The maximum absolute atomic E-state index is 14.8. The SMILES string of the molecule is CC(C)O[C@H]1[C@@H](F)[C@H](n2ccc(=O)[nH]c2=O)O[C@@H]1C(=O)N[S+](C)[O-]. The van der Waals surface area contributed by atoms with Crippen LogP contribution >= 0.6 is 0 Å². The molecule has 1 unspecified atom stereocenters. The fourth-order valence-corrected chi connectivity index (χ4v) is 2.75. The summed E-state index contributed by atoms with van der Waals surface area (Å²) >= 11 is -1.67. The van der Waals surface area contributed by atoms with Gasteiger partial charge in [-0.25, -0.2) is 9.18 Å². The predicted molar refractivity (Wildman–Crippen MR) is 82.3 cm³/mol. The second-order valence-electron chi connectivity index (χ2n) is 5.48. The van der Waals surface area contributed by atoms with Crippen molar-refractivity contribution in [2.45, 2.75) is 44.6 Å². The van der Waals surface area contributed by atoms with Gasteiger partial charge in [0.25, 0.3) is 11.5 Å². The summed E-state index contributed by atoms with van der Waals surface area (Å²) in [5.74, 6) is -0.816. The summed E-state index contributed by atoms with van der Waals surface area (Å²) in [5.41, 5.74) is -1.52. The first kappa shape index (κ1) is 18.6. The van der Waals surface area contributed by atoms with Crippen LogP contribution in [0.15, 0.2) is 21.9 Å². The Labute approximate surface area is 139 Å². The van der Waals surface area contributed by atoms with Gasteiger partial charge in [-0.15, -0.1) is 0 Å². The van der Waals surface area contributed by atoms with Crippen molar-refractivity contribution in [2.75, 3.05) is 6.26 Å². The topological polar surface area (TPSA) is 125 Å². The number of amides is 1. The van der Waals surface area contributed by atoms with Crippen molar-refractivity contribution >= 4 is 17.3 Å². The fourth-order valence-electron chi connectivity index (χ4n) is 2.35. The third-order valence-corrected chi connectivity index (χ3v) is 3.72. The number of ether oxygens (including phenoxy) is 2. The average molecular weight is 363 g/mol. The molecule has 9 nitrogen and oxygen atoms in total. The van der Waals surface area contributed by atoms with E-state index in [2.05, 4.69) is 4.72 Å². The molecule has 2 N–H and O–H groups in total. The van der Waals surface area contributed by atoms with E-state index in [1.165, 1.54) is 6.26 Å².